The molecule has 0 amide bonds. The van der Waals surface area contributed by atoms with Crippen molar-refractivity contribution in [2.75, 3.05) is 25.0 Å². The Morgan fingerprint density at radius 3 is 2.89 bits per heavy atom. The molecule has 19 heavy (non-hydrogen) atoms. The number of aliphatic imine (C=N–C) groups is 1. The lowest BCUT2D eigenvalue weighted by molar-refractivity contribution is 0.220. The Hall–Kier alpha value is -1.59. The van der Waals surface area contributed by atoms with E-state index in [-0.39, 0.29) is 0 Å². The topological polar surface area (TPSA) is 65.7 Å². The molecule has 5 nitrogen and oxygen atoms in total. The minimum Gasteiger partial charge on any atom is -0.325 e. The van der Waals surface area contributed by atoms with Crippen LogP contribution in [0.4, 0.5) is 5.69 Å². The van der Waals surface area contributed by atoms with E-state index in [1.165, 1.54) is 13.0 Å². The first-order chi connectivity index (χ1) is 9.31. The van der Waals surface area contributed by atoms with Crippen LogP contribution in [0.1, 0.15) is 19.8 Å². The fourth-order valence-corrected chi connectivity index (χ4v) is 2.37. The summed E-state index contributed by atoms with van der Waals surface area (Å²) in [7, 11) is 0. The average molecular weight is 261 g/mol. The zero-order valence-electron chi connectivity index (χ0n) is 11.5. The number of anilines is 1. The van der Waals surface area contributed by atoms with Crippen LogP contribution in [0.15, 0.2) is 35.3 Å². The highest BCUT2D eigenvalue weighted by Crippen LogP contribution is 2.13. The van der Waals surface area contributed by atoms with E-state index in [1.54, 1.807) is 0 Å². The van der Waals surface area contributed by atoms with Crippen LogP contribution in [0.5, 0.6) is 0 Å². The Morgan fingerprint density at radius 2 is 2.21 bits per heavy atom. The summed E-state index contributed by atoms with van der Waals surface area (Å²) in [6.07, 6.45) is 2.32. The van der Waals surface area contributed by atoms with Gasteiger partial charge in [0, 0.05) is 12.2 Å². The predicted molar refractivity (Wildman–Crippen MR) is 80.0 cm³/mol. The normalized spacial score (nSPS) is 21.2. The maximum Gasteiger partial charge on any atom is 0.210 e. The van der Waals surface area contributed by atoms with Gasteiger partial charge in [0.15, 0.2) is 0 Å². The van der Waals surface area contributed by atoms with Crippen molar-refractivity contribution in [3.63, 3.8) is 0 Å². The second-order valence-corrected chi connectivity index (χ2v) is 4.80. The van der Waals surface area contributed by atoms with Gasteiger partial charge >= 0.3 is 0 Å². The molecule has 1 aromatic rings. The number of rotatable bonds is 3. The van der Waals surface area contributed by atoms with E-state index in [0.717, 1.165) is 25.2 Å². The smallest absolute Gasteiger partial charge is 0.210 e. The van der Waals surface area contributed by atoms with Crippen LogP contribution in [-0.2, 0) is 0 Å². The molecule has 0 aliphatic carbocycles. The highest BCUT2D eigenvalue weighted by Gasteiger charge is 2.18. The second kappa shape index (κ2) is 7.11. The first-order valence-electron chi connectivity index (χ1n) is 6.90. The third-order valence-electron chi connectivity index (χ3n) is 3.41. The highest BCUT2D eigenvalue weighted by molar-refractivity contribution is 5.93. The van der Waals surface area contributed by atoms with Gasteiger partial charge in [0.2, 0.25) is 5.96 Å². The minimum absolute atomic E-state index is 0.316. The number of benzene rings is 1. The molecule has 104 valence electrons. The SMILES string of the molecule is CCN1CCCC(N=C(NN)Nc2ccccc2)C1. The molecule has 0 aromatic heterocycles. The van der Waals surface area contributed by atoms with Gasteiger partial charge in [0.25, 0.3) is 0 Å². The molecule has 1 aromatic carbocycles. The van der Waals surface area contributed by atoms with E-state index in [4.69, 9.17) is 5.84 Å². The molecule has 0 saturated carbocycles. The van der Waals surface area contributed by atoms with Crippen LogP contribution >= 0.6 is 0 Å². The zero-order chi connectivity index (χ0) is 13.5. The maximum absolute atomic E-state index is 5.55. The number of guanidine groups is 1. The number of piperidine rings is 1. The average Bonchev–Trinajstić information content (AvgIpc) is 2.48. The van der Waals surface area contributed by atoms with E-state index in [1.807, 2.05) is 30.3 Å². The maximum atomic E-state index is 5.55. The van der Waals surface area contributed by atoms with Crippen molar-refractivity contribution >= 4 is 11.6 Å². The molecule has 4 N–H and O–H groups in total. The molecule has 5 heteroatoms. The molecular formula is C14H23N5. The molecule has 1 fully saturated rings. The first kappa shape index (κ1) is 13.8. The van der Waals surface area contributed by atoms with Crippen molar-refractivity contribution in [2.24, 2.45) is 10.8 Å². The molecule has 1 aliphatic heterocycles. The molecule has 2 rings (SSSR count). The van der Waals surface area contributed by atoms with Crippen LogP contribution < -0.4 is 16.6 Å². The van der Waals surface area contributed by atoms with E-state index in [9.17, 15) is 0 Å². The number of nitrogens with two attached hydrogens (primary N) is 1. The van der Waals surface area contributed by atoms with E-state index >= 15 is 0 Å². The van der Waals surface area contributed by atoms with Crippen LogP contribution in [0, 0.1) is 0 Å². The molecule has 0 bridgehead atoms. The summed E-state index contributed by atoms with van der Waals surface area (Å²) in [5.74, 6) is 6.18. The van der Waals surface area contributed by atoms with Crippen molar-refractivity contribution in [2.45, 2.75) is 25.8 Å². The number of nitrogens with zero attached hydrogens (tertiary/aromatic N) is 2. The number of hydrogen-bond acceptors (Lipinski definition) is 3. The van der Waals surface area contributed by atoms with Gasteiger partial charge in [-0.05, 0) is 38.1 Å². The van der Waals surface area contributed by atoms with Gasteiger partial charge in [-0.1, -0.05) is 25.1 Å². The van der Waals surface area contributed by atoms with Gasteiger partial charge < -0.3 is 10.2 Å². The minimum atomic E-state index is 0.316. The lowest BCUT2D eigenvalue weighted by Crippen LogP contribution is -2.41. The second-order valence-electron chi connectivity index (χ2n) is 4.80. The monoisotopic (exact) mass is 261 g/mol. The lowest BCUT2D eigenvalue weighted by atomic mass is 10.1. The Kier molecular flexibility index (Phi) is 5.18. The van der Waals surface area contributed by atoms with Crippen LogP contribution in [-0.4, -0.2) is 36.5 Å². The van der Waals surface area contributed by atoms with Gasteiger partial charge in [-0.3, -0.25) is 5.43 Å². The summed E-state index contributed by atoms with van der Waals surface area (Å²) in [4.78, 5) is 7.10. The van der Waals surface area contributed by atoms with Crippen molar-refractivity contribution in [3.05, 3.63) is 30.3 Å². The third kappa shape index (κ3) is 4.22. The molecule has 1 saturated heterocycles. The zero-order valence-corrected chi connectivity index (χ0v) is 11.5. The summed E-state index contributed by atoms with van der Waals surface area (Å²) >= 11 is 0. The quantitative estimate of drug-likeness (QED) is 0.333. The predicted octanol–water partition coefficient (Wildman–Crippen LogP) is 1.40. The Balaban J connectivity index is 1.98. The lowest BCUT2D eigenvalue weighted by Gasteiger charge is -2.30. The van der Waals surface area contributed by atoms with E-state index in [0.29, 0.717) is 12.0 Å². The van der Waals surface area contributed by atoms with E-state index < -0.39 is 0 Å². The molecule has 0 spiro atoms. The Bertz CT molecular complexity index is 404. The van der Waals surface area contributed by atoms with E-state index in [2.05, 4.69) is 27.6 Å². The van der Waals surface area contributed by atoms with Gasteiger partial charge in [-0.25, -0.2) is 10.8 Å². The molecule has 1 aliphatic rings. The molecular weight excluding hydrogens is 238 g/mol. The largest absolute Gasteiger partial charge is 0.325 e. The van der Waals surface area contributed by atoms with Crippen molar-refractivity contribution < 1.29 is 0 Å². The van der Waals surface area contributed by atoms with Crippen molar-refractivity contribution in [1.82, 2.24) is 10.3 Å². The number of hydrogen-bond donors (Lipinski definition) is 3. The number of nitrogens with one attached hydrogen (secondary N) is 2. The van der Waals surface area contributed by atoms with Crippen molar-refractivity contribution in [1.29, 1.82) is 0 Å². The summed E-state index contributed by atoms with van der Waals surface area (Å²) in [5.41, 5.74) is 3.64. The number of likely N-dealkylation sites (tertiary alicyclic amines) is 1. The van der Waals surface area contributed by atoms with Gasteiger partial charge in [-0.15, -0.1) is 0 Å². The molecule has 0 radical (unpaired) electrons. The third-order valence-corrected chi connectivity index (χ3v) is 3.41. The summed E-state index contributed by atoms with van der Waals surface area (Å²) in [6, 6.07) is 10.2. The number of hydrazine groups is 1. The summed E-state index contributed by atoms with van der Waals surface area (Å²) in [5, 5.41) is 3.20. The summed E-state index contributed by atoms with van der Waals surface area (Å²) < 4.78 is 0. The van der Waals surface area contributed by atoms with Gasteiger partial charge in [-0.2, -0.15) is 0 Å². The molecule has 1 atom stereocenters. The van der Waals surface area contributed by atoms with Crippen LogP contribution in [0.3, 0.4) is 0 Å². The molecule has 1 heterocycles. The first-order valence-corrected chi connectivity index (χ1v) is 6.90. The summed E-state index contributed by atoms with van der Waals surface area (Å²) in [6.45, 7) is 5.47. The van der Waals surface area contributed by atoms with Gasteiger partial charge in [0.1, 0.15) is 0 Å². The van der Waals surface area contributed by atoms with Crippen LogP contribution in [0.2, 0.25) is 0 Å². The number of para-hydroxylation sites is 1. The standard InChI is InChI=1S/C14H23N5/c1-2-19-10-6-9-13(11-19)17-14(18-15)16-12-7-4-3-5-8-12/h3-5,7-8,13H,2,6,9-11,15H2,1H3,(H2,16,17,18). The fourth-order valence-electron chi connectivity index (χ4n) is 2.37. The fraction of sp³-hybridized carbons (Fsp3) is 0.500. The number of likely N-dealkylation sites (N-methyl/N-ethyl adjacent to an activating group) is 1. The van der Waals surface area contributed by atoms with Crippen LogP contribution in [0.25, 0.3) is 0 Å². The molecule has 1 unspecified atom stereocenters. The highest BCUT2D eigenvalue weighted by atomic mass is 15.3. The van der Waals surface area contributed by atoms with Crippen molar-refractivity contribution in [3.8, 4) is 0 Å². The Morgan fingerprint density at radius 1 is 1.42 bits per heavy atom. The Labute approximate surface area is 114 Å². The van der Waals surface area contributed by atoms with Gasteiger partial charge in [0.05, 0.1) is 6.04 Å².